The second-order valence-electron chi connectivity index (χ2n) is 6.74. The van der Waals surface area contributed by atoms with E-state index in [4.69, 9.17) is 9.47 Å². The molecule has 4 rings (SSSR count). The van der Waals surface area contributed by atoms with Crippen molar-refractivity contribution in [2.45, 2.75) is 18.3 Å². The maximum atomic E-state index is 13.2. The summed E-state index contributed by atoms with van der Waals surface area (Å²) in [5.74, 6) is 0.134. The minimum absolute atomic E-state index is 0.134. The number of ether oxygens (including phenoxy) is 2. The molecular weight excluding hydrogens is 361 g/mol. The van der Waals surface area contributed by atoms with Crippen LogP contribution < -0.4 is 4.74 Å². The molecule has 0 saturated carbocycles. The number of aliphatic hydroxyl groups is 1. The molecule has 142 valence electrons. The summed E-state index contributed by atoms with van der Waals surface area (Å²) in [6.07, 6.45) is -2.86. The first kappa shape index (κ1) is 17.8. The van der Waals surface area contributed by atoms with E-state index in [2.05, 4.69) is 4.98 Å². The maximum Gasteiger partial charge on any atom is 0.416 e. The zero-order valence-corrected chi connectivity index (χ0v) is 14.5. The molecule has 3 aromatic rings. The molecule has 2 heterocycles. The first-order valence-corrected chi connectivity index (χ1v) is 8.29. The largest absolute Gasteiger partial charge is 0.497 e. The van der Waals surface area contributed by atoms with Crippen LogP contribution in [0.3, 0.4) is 0 Å². The van der Waals surface area contributed by atoms with E-state index in [9.17, 15) is 18.3 Å². The quantitative estimate of drug-likeness (QED) is 0.755. The Morgan fingerprint density at radius 2 is 1.96 bits per heavy atom. The number of hydrogen-bond donors (Lipinski definition) is 1. The van der Waals surface area contributed by atoms with Crippen molar-refractivity contribution >= 4 is 11.0 Å². The standard InChI is InChI=1S/C19H17F3N2O3/c1-26-15-5-13(4-14(7-15)19(20,21)22)12-2-3-16-17(6-12)24(11-23-16)8-18(25)9-27-10-18/h2-7,11,25H,8-10H2,1H3. The third-order valence-electron chi connectivity index (χ3n) is 4.63. The van der Waals surface area contributed by atoms with E-state index in [-0.39, 0.29) is 19.0 Å². The molecule has 1 N–H and O–H groups in total. The summed E-state index contributed by atoms with van der Waals surface area (Å²) >= 11 is 0. The van der Waals surface area contributed by atoms with Crippen molar-refractivity contribution in [3.05, 3.63) is 48.3 Å². The Hall–Kier alpha value is -2.58. The molecule has 0 radical (unpaired) electrons. The Balaban J connectivity index is 1.77. The lowest BCUT2D eigenvalue weighted by molar-refractivity contribution is -0.184. The van der Waals surface area contributed by atoms with Crippen LogP contribution in [0.1, 0.15) is 5.56 Å². The number of nitrogens with zero attached hydrogens (tertiary/aromatic N) is 2. The van der Waals surface area contributed by atoms with E-state index in [1.807, 2.05) is 0 Å². The molecule has 0 atom stereocenters. The summed E-state index contributed by atoms with van der Waals surface area (Å²) in [5, 5.41) is 10.3. The van der Waals surface area contributed by atoms with Crippen LogP contribution >= 0.6 is 0 Å². The molecule has 1 aromatic heterocycles. The van der Waals surface area contributed by atoms with E-state index >= 15 is 0 Å². The van der Waals surface area contributed by atoms with E-state index in [1.54, 1.807) is 35.2 Å². The number of fused-ring (bicyclic) bond motifs is 1. The number of hydrogen-bond acceptors (Lipinski definition) is 4. The Labute approximate surface area is 153 Å². The number of imidazole rings is 1. The van der Waals surface area contributed by atoms with Crippen molar-refractivity contribution in [3.63, 3.8) is 0 Å². The van der Waals surface area contributed by atoms with Gasteiger partial charge in [-0.15, -0.1) is 0 Å². The van der Waals surface area contributed by atoms with Gasteiger partial charge in [0.2, 0.25) is 0 Å². The molecule has 8 heteroatoms. The average Bonchev–Trinajstić information content (AvgIpc) is 3.01. The van der Waals surface area contributed by atoms with Gasteiger partial charge in [0, 0.05) is 0 Å². The lowest BCUT2D eigenvalue weighted by atomic mass is 10.0. The Morgan fingerprint density at radius 1 is 1.19 bits per heavy atom. The smallest absolute Gasteiger partial charge is 0.416 e. The van der Waals surface area contributed by atoms with E-state index in [1.165, 1.54) is 7.11 Å². The molecular formula is C19H17F3N2O3. The van der Waals surface area contributed by atoms with Crippen molar-refractivity contribution in [2.24, 2.45) is 0 Å². The highest BCUT2D eigenvalue weighted by atomic mass is 19.4. The fraction of sp³-hybridized carbons (Fsp3) is 0.316. The number of rotatable bonds is 4. The highest BCUT2D eigenvalue weighted by Crippen LogP contribution is 2.36. The van der Waals surface area contributed by atoms with E-state index in [0.29, 0.717) is 23.2 Å². The van der Waals surface area contributed by atoms with E-state index < -0.39 is 17.3 Å². The van der Waals surface area contributed by atoms with Gasteiger partial charge in [-0.05, 0) is 41.5 Å². The Bertz CT molecular complexity index is 994. The summed E-state index contributed by atoms with van der Waals surface area (Å²) in [5.41, 5.74) is 0.702. The first-order chi connectivity index (χ1) is 12.8. The lowest BCUT2D eigenvalue weighted by Gasteiger charge is -2.36. The van der Waals surface area contributed by atoms with Gasteiger partial charge in [-0.25, -0.2) is 4.98 Å². The predicted octanol–water partition coefficient (Wildman–Crippen LogP) is 3.49. The lowest BCUT2D eigenvalue weighted by Crippen LogP contribution is -2.52. The summed E-state index contributed by atoms with van der Waals surface area (Å²) < 4.78 is 51.4. The van der Waals surface area contributed by atoms with Gasteiger partial charge in [0.1, 0.15) is 11.4 Å². The fourth-order valence-electron chi connectivity index (χ4n) is 3.16. The number of benzene rings is 2. The van der Waals surface area contributed by atoms with Crippen LogP contribution in [0.25, 0.3) is 22.2 Å². The maximum absolute atomic E-state index is 13.2. The summed E-state index contributed by atoms with van der Waals surface area (Å²) in [4.78, 5) is 4.29. The third-order valence-corrected chi connectivity index (χ3v) is 4.63. The van der Waals surface area contributed by atoms with Gasteiger partial charge >= 0.3 is 6.18 Å². The monoisotopic (exact) mass is 378 g/mol. The van der Waals surface area contributed by atoms with Crippen molar-refractivity contribution < 1.29 is 27.8 Å². The van der Waals surface area contributed by atoms with Crippen LogP contribution in [0, 0.1) is 0 Å². The predicted molar refractivity (Wildman–Crippen MR) is 92.5 cm³/mol. The topological polar surface area (TPSA) is 56.5 Å². The zero-order valence-electron chi connectivity index (χ0n) is 14.5. The molecule has 5 nitrogen and oxygen atoms in total. The minimum atomic E-state index is -4.47. The Morgan fingerprint density at radius 3 is 2.59 bits per heavy atom. The van der Waals surface area contributed by atoms with Gasteiger partial charge in [0.05, 0.1) is 49.8 Å². The molecule has 0 aliphatic carbocycles. The number of alkyl halides is 3. The molecule has 1 saturated heterocycles. The van der Waals surface area contributed by atoms with Crippen LogP contribution in [-0.2, 0) is 17.5 Å². The molecule has 1 aliphatic rings. The fourth-order valence-corrected chi connectivity index (χ4v) is 3.16. The third kappa shape index (κ3) is 3.38. The molecule has 1 aliphatic heterocycles. The minimum Gasteiger partial charge on any atom is -0.497 e. The molecule has 27 heavy (non-hydrogen) atoms. The summed E-state index contributed by atoms with van der Waals surface area (Å²) in [7, 11) is 1.33. The van der Waals surface area contributed by atoms with Crippen LogP contribution in [0.2, 0.25) is 0 Å². The van der Waals surface area contributed by atoms with Gasteiger partial charge in [0.15, 0.2) is 0 Å². The first-order valence-electron chi connectivity index (χ1n) is 8.29. The van der Waals surface area contributed by atoms with Crippen molar-refractivity contribution in [1.29, 1.82) is 0 Å². The second-order valence-corrected chi connectivity index (χ2v) is 6.74. The number of methoxy groups -OCH3 is 1. The van der Waals surface area contributed by atoms with Gasteiger partial charge in [-0.3, -0.25) is 0 Å². The highest BCUT2D eigenvalue weighted by molar-refractivity contribution is 5.82. The summed E-state index contributed by atoms with van der Waals surface area (Å²) in [6.45, 7) is 0.799. The van der Waals surface area contributed by atoms with Gasteiger partial charge in [0.25, 0.3) is 0 Å². The zero-order chi connectivity index (χ0) is 19.2. The number of aromatic nitrogens is 2. The number of halogens is 3. The van der Waals surface area contributed by atoms with Crippen LogP contribution in [-0.4, -0.2) is 40.6 Å². The van der Waals surface area contributed by atoms with Crippen LogP contribution in [0.4, 0.5) is 13.2 Å². The molecule has 0 bridgehead atoms. The van der Waals surface area contributed by atoms with Gasteiger partial charge in [-0.1, -0.05) is 6.07 Å². The normalized spacial score (nSPS) is 16.3. The van der Waals surface area contributed by atoms with E-state index in [0.717, 1.165) is 17.6 Å². The second kappa shape index (κ2) is 6.24. The Kier molecular flexibility index (Phi) is 4.12. The van der Waals surface area contributed by atoms with Crippen molar-refractivity contribution in [1.82, 2.24) is 9.55 Å². The molecule has 1 fully saturated rings. The van der Waals surface area contributed by atoms with Crippen LogP contribution in [0.15, 0.2) is 42.7 Å². The molecule has 0 spiro atoms. The van der Waals surface area contributed by atoms with Crippen LogP contribution in [0.5, 0.6) is 5.75 Å². The van der Waals surface area contributed by atoms with Gasteiger partial charge in [-0.2, -0.15) is 13.2 Å². The summed E-state index contributed by atoms with van der Waals surface area (Å²) in [6, 6.07) is 8.85. The molecule has 2 aromatic carbocycles. The van der Waals surface area contributed by atoms with Crippen molar-refractivity contribution in [3.8, 4) is 16.9 Å². The average molecular weight is 378 g/mol. The van der Waals surface area contributed by atoms with Gasteiger partial charge < -0.3 is 19.1 Å². The molecule has 0 amide bonds. The highest BCUT2D eigenvalue weighted by Gasteiger charge is 2.36. The SMILES string of the molecule is COc1cc(-c2ccc3ncn(CC4(O)COC4)c3c2)cc(C(F)(F)F)c1. The van der Waals surface area contributed by atoms with Crippen molar-refractivity contribution in [2.75, 3.05) is 20.3 Å². The molecule has 0 unspecified atom stereocenters.